The van der Waals surface area contributed by atoms with Gasteiger partial charge >= 0.3 is 6.09 Å². The Morgan fingerprint density at radius 3 is 2.65 bits per heavy atom. The molecule has 1 amide bonds. The van der Waals surface area contributed by atoms with Crippen molar-refractivity contribution in [2.24, 2.45) is 0 Å². The van der Waals surface area contributed by atoms with Crippen molar-refractivity contribution < 1.29 is 14.6 Å². The maximum Gasteiger partial charge on any atom is 0.407 e. The summed E-state index contributed by atoms with van der Waals surface area (Å²) in [6, 6.07) is 10.1. The summed E-state index contributed by atoms with van der Waals surface area (Å²) in [6.07, 6.45) is 0.422. The van der Waals surface area contributed by atoms with Gasteiger partial charge in [-0.25, -0.2) is 4.79 Å². The number of carbonyl (C=O) groups is 1. The number of cyclic esters (lactones) is 1. The van der Waals surface area contributed by atoms with Crippen molar-refractivity contribution in [3.63, 3.8) is 0 Å². The fourth-order valence-electron chi connectivity index (χ4n) is 3.78. The molecule has 2 aliphatic rings. The van der Waals surface area contributed by atoms with E-state index in [1.54, 1.807) is 0 Å². The first-order valence-electron chi connectivity index (χ1n) is 8.30. The lowest BCUT2D eigenvalue weighted by molar-refractivity contribution is 0.0241. The Balaban J connectivity index is 1.80. The van der Waals surface area contributed by atoms with Crippen molar-refractivity contribution in [3.05, 3.63) is 35.9 Å². The zero-order valence-electron chi connectivity index (χ0n) is 14.0. The number of β-amino-alcohol motifs (C(OH)–C–C–N with tert-alkyl or cyclic N) is 1. The zero-order valence-corrected chi connectivity index (χ0v) is 14.0. The highest BCUT2D eigenvalue weighted by Gasteiger charge is 2.48. The summed E-state index contributed by atoms with van der Waals surface area (Å²) in [5, 5.41) is 13.1. The van der Waals surface area contributed by atoms with Crippen LogP contribution in [0.4, 0.5) is 4.79 Å². The van der Waals surface area contributed by atoms with Crippen LogP contribution in [0.3, 0.4) is 0 Å². The monoisotopic (exact) mass is 318 g/mol. The molecule has 23 heavy (non-hydrogen) atoms. The van der Waals surface area contributed by atoms with Crippen LogP contribution in [0.5, 0.6) is 0 Å². The first kappa shape index (κ1) is 16.3. The number of nitrogens with one attached hydrogen (secondary N) is 1. The summed E-state index contributed by atoms with van der Waals surface area (Å²) in [5.74, 6) is 0. The number of amides is 1. The minimum Gasteiger partial charge on any atom is -0.442 e. The SMILES string of the molecule is CC(C)(C)N1C[C@H](O)C[C@@H]1[C@H]1OC(=O)N[C@H]1Cc1ccccc1. The lowest BCUT2D eigenvalue weighted by Gasteiger charge is -2.39. The number of hydrogen-bond acceptors (Lipinski definition) is 4. The molecule has 0 aliphatic carbocycles. The van der Waals surface area contributed by atoms with Gasteiger partial charge in [-0.15, -0.1) is 0 Å². The van der Waals surface area contributed by atoms with E-state index in [0.29, 0.717) is 13.0 Å². The molecule has 0 spiro atoms. The van der Waals surface area contributed by atoms with Crippen molar-refractivity contribution in [2.45, 2.75) is 63.4 Å². The van der Waals surface area contributed by atoms with Gasteiger partial charge in [-0.3, -0.25) is 4.90 Å². The van der Waals surface area contributed by atoms with Crippen LogP contribution in [0.15, 0.2) is 30.3 Å². The molecule has 0 aromatic heterocycles. The maximum absolute atomic E-state index is 11.8. The quantitative estimate of drug-likeness (QED) is 0.894. The standard InChI is InChI=1S/C18H26N2O3/c1-18(2,3)20-11-13(21)10-15(20)16-14(19-17(22)23-16)9-12-7-5-4-6-8-12/h4-8,13-16,21H,9-11H2,1-3H3,(H,19,22)/t13-,14+,15-,16+/m1/s1. The molecule has 126 valence electrons. The number of rotatable bonds is 3. The predicted molar refractivity (Wildman–Crippen MR) is 88.2 cm³/mol. The van der Waals surface area contributed by atoms with Crippen LogP contribution in [0.2, 0.25) is 0 Å². The number of benzene rings is 1. The maximum atomic E-state index is 11.8. The number of carbonyl (C=O) groups excluding carboxylic acids is 1. The summed E-state index contributed by atoms with van der Waals surface area (Å²) in [5.41, 5.74) is 1.10. The average molecular weight is 318 g/mol. The third-order valence-electron chi connectivity index (χ3n) is 4.80. The molecule has 2 fully saturated rings. The largest absolute Gasteiger partial charge is 0.442 e. The van der Waals surface area contributed by atoms with Gasteiger partial charge in [-0.1, -0.05) is 30.3 Å². The number of ether oxygens (including phenoxy) is 1. The van der Waals surface area contributed by atoms with Gasteiger partial charge < -0.3 is 15.2 Å². The smallest absolute Gasteiger partial charge is 0.407 e. The Morgan fingerprint density at radius 1 is 1.30 bits per heavy atom. The number of likely N-dealkylation sites (tertiary alicyclic amines) is 1. The lowest BCUT2D eigenvalue weighted by atomic mass is 9.93. The molecule has 2 heterocycles. The van der Waals surface area contributed by atoms with Crippen LogP contribution in [0, 0.1) is 0 Å². The van der Waals surface area contributed by atoms with Crippen molar-refractivity contribution in [2.75, 3.05) is 6.54 Å². The summed E-state index contributed by atoms with van der Waals surface area (Å²) in [7, 11) is 0. The second-order valence-corrected chi connectivity index (χ2v) is 7.59. The number of aliphatic hydroxyl groups excluding tert-OH is 1. The number of alkyl carbamates (subject to hydrolysis) is 1. The average Bonchev–Trinajstić information content (AvgIpc) is 3.02. The van der Waals surface area contributed by atoms with Gasteiger partial charge in [0.15, 0.2) is 0 Å². The first-order chi connectivity index (χ1) is 10.8. The Bertz CT molecular complexity index is 555. The molecule has 5 nitrogen and oxygen atoms in total. The van der Waals surface area contributed by atoms with Crippen LogP contribution < -0.4 is 5.32 Å². The van der Waals surface area contributed by atoms with E-state index < -0.39 is 0 Å². The normalized spacial score (nSPS) is 31.9. The van der Waals surface area contributed by atoms with E-state index in [4.69, 9.17) is 4.74 Å². The second kappa shape index (κ2) is 6.13. The van der Waals surface area contributed by atoms with Crippen molar-refractivity contribution >= 4 is 6.09 Å². The Kier molecular flexibility index (Phi) is 4.34. The Hall–Kier alpha value is -1.59. The van der Waals surface area contributed by atoms with Gasteiger partial charge in [0.1, 0.15) is 6.10 Å². The molecule has 1 aromatic rings. The highest BCUT2D eigenvalue weighted by Crippen LogP contribution is 2.33. The Labute approximate surface area is 137 Å². The van der Waals surface area contributed by atoms with E-state index in [2.05, 4.69) is 43.1 Å². The second-order valence-electron chi connectivity index (χ2n) is 7.59. The van der Waals surface area contributed by atoms with E-state index in [-0.39, 0.29) is 35.9 Å². The van der Waals surface area contributed by atoms with Crippen LogP contribution in [0.25, 0.3) is 0 Å². The van der Waals surface area contributed by atoms with Gasteiger partial charge in [0.05, 0.1) is 18.2 Å². The van der Waals surface area contributed by atoms with Crippen LogP contribution in [0.1, 0.15) is 32.8 Å². The number of hydrogen-bond donors (Lipinski definition) is 2. The molecule has 0 bridgehead atoms. The molecule has 4 atom stereocenters. The van der Waals surface area contributed by atoms with E-state index in [1.807, 2.05) is 18.2 Å². The molecule has 2 N–H and O–H groups in total. The van der Waals surface area contributed by atoms with Crippen molar-refractivity contribution in [1.29, 1.82) is 0 Å². The lowest BCUT2D eigenvalue weighted by Crippen LogP contribution is -2.53. The molecule has 1 aromatic carbocycles. The molecular formula is C18H26N2O3. The van der Waals surface area contributed by atoms with Gasteiger partial charge in [-0.2, -0.15) is 0 Å². The summed E-state index contributed by atoms with van der Waals surface area (Å²) in [4.78, 5) is 14.1. The summed E-state index contributed by atoms with van der Waals surface area (Å²) in [6.45, 7) is 7.03. The summed E-state index contributed by atoms with van der Waals surface area (Å²) >= 11 is 0. The van der Waals surface area contributed by atoms with E-state index in [0.717, 1.165) is 6.42 Å². The van der Waals surface area contributed by atoms with E-state index in [1.165, 1.54) is 5.56 Å². The third-order valence-corrected chi connectivity index (χ3v) is 4.80. The zero-order chi connectivity index (χ0) is 16.6. The molecule has 2 aliphatic heterocycles. The van der Waals surface area contributed by atoms with Crippen molar-refractivity contribution in [1.82, 2.24) is 10.2 Å². The predicted octanol–water partition coefficient (Wildman–Crippen LogP) is 1.94. The highest BCUT2D eigenvalue weighted by molar-refractivity contribution is 5.70. The minimum absolute atomic E-state index is 0.0395. The van der Waals surface area contributed by atoms with Crippen molar-refractivity contribution in [3.8, 4) is 0 Å². The van der Waals surface area contributed by atoms with Gasteiger partial charge in [-0.05, 0) is 39.2 Å². The van der Waals surface area contributed by atoms with E-state index >= 15 is 0 Å². The topological polar surface area (TPSA) is 61.8 Å². The fraction of sp³-hybridized carbons (Fsp3) is 0.611. The van der Waals surface area contributed by atoms with Gasteiger partial charge in [0, 0.05) is 12.1 Å². The molecule has 3 rings (SSSR count). The minimum atomic E-state index is -0.365. The van der Waals surface area contributed by atoms with Crippen LogP contribution in [-0.4, -0.2) is 52.5 Å². The Morgan fingerprint density at radius 2 is 2.00 bits per heavy atom. The summed E-state index contributed by atoms with van der Waals surface area (Å²) < 4.78 is 5.60. The third kappa shape index (κ3) is 3.51. The molecule has 0 radical (unpaired) electrons. The molecular weight excluding hydrogens is 292 g/mol. The highest BCUT2D eigenvalue weighted by atomic mass is 16.6. The molecule has 0 saturated carbocycles. The molecule has 0 unspecified atom stereocenters. The molecule has 5 heteroatoms. The molecule has 2 saturated heterocycles. The number of aliphatic hydroxyl groups is 1. The van der Waals surface area contributed by atoms with Crippen LogP contribution >= 0.6 is 0 Å². The fourth-order valence-corrected chi connectivity index (χ4v) is 3.78. The van der Waals surface area contributed by atoms with Crippen LogP contribution in [-0.2, 0) is 11.2 Å². The van der Waals surface area contributed by atoms with Gasteiger partial charge in [0.2, 0.25) is 0 Å². The van der Waals surface area contributed by atoms with Gasteiger partial charge in [0.25, 0.3) is 0 Å². The number of nitrogens with zero attached hydrogens (tertiary/aromatic N) is 1. The van der Waals surface area contributed by atoms with E-state index in [9.17, 15) is 9.90 Å². The first-order valence-corrected chi connectivity index (χ1v) is 8.30.